The second kappa shape index (κ2) is 5.54. The van der Waals surface area contributed by atoms with Crippen molar-refractivity contribution in [2.75, 3.05) is 6.61 Å². The van der Waals surface area contributed by atoms with Gasteiger partial charge >= 0.3 is 5.97 Å². The molecule has 0 unspecified atom stereocenters. The van der Waals surface area contributed by atoms with E-state index in [0.29, 0.717) is 0 Å². The Hall–Kier alpha value is -2.39. The molecule has 1 aromatic heterocycles. The van der Waals surface area contributed by atoms with Gasteiger partial charge in [0.05, 0.1) is 12.3 Å². The first kappa shape index (κ1) is 15.0. The molecule has 0 aliphatic rings. The number of hydrogen-bond donors (Lipinski definition) is 2. The molecule has 0 fully saturated rings. The van der Waals surface area contributed by atoms with Gasteiger partial charge < -0.3 is 4.74 Å². The lowest BCUT2D eigenvalue weighted by Gasteiger charge is -2.06. The van der Waals surface area contributed by atoms with E-state index in [0.717, 1.165) is 16.8 Å². The smallest absolute Gasteiger partial charge is 0.356 e. The van der Waals surface area contributed by atoms with Gasteiger partial charge in [-0.1, -0.05) is 12.1 Å². The highest BCUT2D eigenvalue weighted by atomic mass is 32.2. The van der Waals surface area contributed by atoms with Crippen molar-refractivity contribution in [3.05, 3.63) is 46.4 Å². The van der Waals surface area contributed by atoms with E-state index >= 15 is 0 Å². The number of carbonyl (C=O) groups excluding carboxylic acids is 1. The number of H-pyrrole nitrogens is 1. The first-order valence-corrected chi connectivity index (χ1v) is 7.34. The summed E-state index contributed by atoms with van der Waals surface area (Å²) in [4.78, 5) is 23.0. The highest BCUT2D eigenvalue weighted by Crippen LogP contribution is 2.17. The summed E-state index contributed by atoms with van der Waals surface area (Å²) in [6.45, 7) is 1.74. The second-order valence-electron chi connectivity index (χ2n) is 4.01. The monoisotopic (exact) mass is 312 g/mol. The fourth-order valence-corrected chi connectivity index (χ4v) is 2.42. The molecule has 2 aromatic rings. The first-order valence-electron chi connectivity index (χ1n) is 5.90. The van der Waals surface area contributed by atoms with Gasteiger partial charge in [-0.05, 0) is 19.1 Å². The van der Waals surface area contributed by atoms with Gasteiger partial charge in [-0.2, -0.15) is 8.42 Å². The molecule has 0 saturated carbocycles. The third kappa shape index (κ3) is 3.03. The molecule has 1 aromatic carbocycles. The van der Waals surface area contributed by atoms with Crippen LogP contribution in [0.5, 0.6) is 0 Å². The number of aromatic nitrogens is 2. The highest BCUT2D eigenvalue weighted by molar-refractivity contribution is 7.86. The van der Waals surface area contributed by atoms with Crippen molar-refractivity contribution >= 4 is 16.1 Å². The molecule has 112 valence electrons. The summed E-state index contributed by atoms with van der Waals surface area (Å²) in [6.07, 6.45) is 0. The Morgan fingerprint density at radius 1 is 1.38 bits per heavy atom. The maximum atomic E-state index is 11.9. The van der Waals surface area contributed by atoms with Crippen LogP contribution in [-0.2, 0) is 14.9 Å². The SMILES string of the molecule is CCOC(=O)c1cc(=O)n(-c2ccccc2S(=O)(=O)O)[nH]1. The Kier molecular flexibility index (Phi) is 3.96. The van der Waals surface area contributed by atoms with E-state index in [9.17, 15) is 22.6 Å². The maximum Gasteiger partial charge on any atom is 0.356 e. The molecule has 0 saturated heterocycles. The van der Waals surface area contributed by atoms with Crippen LogP contribution in [0.3, 0.4) is 0 Å². The molecule has 9 heteroatoms. The zero-order valence-corrected chi connectivity index (χ0v) is 11.8. The Balaban J connectivity index is 2.59. The normalized spacial score (nSPS) is 11.3. The molecule has 0 radical (unpaired) electrons. The quantitative estimate of drug-likeness (QED) is 0.630. The van der Waals surface area contributed by atoms with Crippen molar-refractivity contribution in [1.82, 2.24) is 9.78 Å². The summed E-state index contributed by atoms with van der Waals surface area (Å²) in [6, 6.07) is 6.32. The summed E-state index contributed by atoms with van der Waals surface area (Å²) in [5.74, 6) is -0.738. The molecule has 2 N–H and O–H groups in total. The van der Waals surface area contributed by atoms with Gasteiger partial charge in [-0.25, -0.2) is 9.48 Å². The number of ether oxygens (including phenoxy) is 1. The van der Waals surface area contributed by atoms with Crippen LogP contribution in [0.4, 0.5) is 0 Å². The van der Waals surface area contributed by atoms with Gasteiger partial charge in [0, 0.05) is 6.07 Å². The van der Waals surface area contributed by atoms with E-state index in [2.05, 4.69) is 5.10 Å². The minimum Gasteiger partial charge on any atom is -0.461 e. The van der Waals surface area contributed by atoms with Crippen LogP contribution in [0.25, 0.3) is 5.69 Å². The Bertz CT molecular complexity index is 833. The summed E-state index contributed by atoms with van der Waals surface area (Å²) in [5.41, 5.74) is -0.873. The summed E-state index contributed by atoms with van der Waals surface area (Å²) in [7, 11) is -4.52. The van der Waals surface area contributed by atoms with Crippen molar-refractivity contribution in [3.63, 3.8) is 0 Å². The van der Waals surface area contributed by atoms with Crippen molar-refractivity contribution in [1.29, 1.82) is 0 Å². The zero-order chi connectivity index (χ0) is 15.6. The number of rotatable bonds is 4. The number of aromatic amines is 1. The van der Waals surface area contributed by atoms with Crippen molar-refractivity contribution in [2.45, 2.75) is 11.8 Å². The molecule has 0 aliphatic carbocycles. The van der Waals surface area contributed by atoms with Crippen molar-refractivity contribution in [3.8, 4) is 5.69 Å². The zero-order valence-electron chi connectivity index (χ0n) is 10.9. The molecule has 0 amide bonds. The van der Waals surface area contributed by atoms with E-state index in [4.69, 9.17) is 4.74 Å². The lowest BCUT2D eigenvalue weighted by Crippen LogP contribution is -2.17. The largest absolute Gasteiger partial charge is 0.461 e. The van der Waals surface area contributed by atoms with Gasteiger partial charge in [-0.15, -0.1) is 0 Å². The topological polar surface area (TPSA) is 118 Å². The van der Waals surface area contributed by atoms with Gasteiger partial charge in [0.15, 0.2) is 0 Å². The fraction of sp³-hybridized carbons (Fsp3) is 0.167. The van der Waals surface area contributed by atoms with E-state index < -0.39 is 26.5 Å². The van der Waals surface area contributed by atoms with Crippen LogP contribution in [0.15, 0.2) is 40.0 Å². The number of para-hydroxylation sites is 1. The van der Waals surface area contributed by atoms with Crippen LogP contribution in [-0.4, -0.2) is 35.3 Å². The van der Waals surface area contributed by atoms with Crippen LogP contribution in [0.1, 0.15) is 17.4 Å². The molecule has 2 rings (SSSR count). The number of hydrogen-bond acceptors (Lipinski definition) is 5. The van der Waals surface area contributed by atoms with E-state index in [-0.39, 0.29) is 18.0 Å². The fourth-order valence-electron chi connectivity index (χ4n) is 1.75. The summed E-state index contributed by atoms with van der Waals surface area (Å²) in [5, 5.41) is 2.45. The van der Waals surface area contributed by atoms with Crippen LogP contribution in [0, 0.1) is 0 Å². The second-order valence-corrected chi connectivity index (χ2v) is 5.40. The van der Waals surface area contributed by atoms with Crippen LogP contribution < -0.4 is 5.56 Å². The van der Waals surface area contributed by atoms with E-state index in [1.165, 1.54) is 18.2 Å². The molecule has 0 bridgehead atoms. The Labute approximate surface area is 119 Å². The number of benzene rings is 1. The van der Waals surface area contributed by atoms with Gasteiger partial charge in [-0.3, -0.25) is 14.4 Å². The number of esters is 1. The predicted octanol–water partition coefficient (Wildman–Crippen LogP) is 0.589. The van der Waals surface area contributed by atoms with Crippen molar-refractivity contribution in [2.24, 2.45) is 0 Å². The van der Waals surface area contributed by atoms with Crippen LogP contribution >= 0.6 is 0 Å². The average molecular weight is 312 g/mol. The van der Waals surface area contributed by atoms with E-state index in [1.807, 2.05) is 0 Å². The van der Waals surface area contributed by atoms with Gasteiger partial charge in [0.2, 0.25) is 0 Å². The molecule has 21 heavy (non-hydrogen) atoms. The Morgan fingerprint density at radius 2 is 2.05 bits per heavy atom. The van der Waals surface area contributed by atoms with Crippen molar-refractivity contribution < 1.29 is 22.5 Å². The highest BCUT2D eigenvalue weighted by Gasteiger charge is 2.19. The molecule has 0 spiro atoms. The lowest BCUT2D eigenvalue weighted by atomic mass is 10.3. The summed E-state index contributed by atoms with van der Waals surface area (Å²) < 4.78 is 37.4. The maximum absolute atomic E-state index is 11.9. The lowest BCUT2D eigenvalue weighted by molar-refractivity contribution is 0.0519. The van der Waals surface area contributed by atoms with Gasteiger partial charge in [0.1, 0.15) is 10.6 Å². The Morgan fingerprint density at radius 3 is 2.67 bits per heavy atom. The van der Waals surface area contributed by atoms with E-state index in [1.54, 1.807) is 6.92 Å². The van der Waals surface area contributed by atoms with Crippen LogP contribution in [0.2, 0.25) is 0 Å². The standard InChI is InChI=1S/C12H12N2O6S/c1-2-20-12(16)8-7-11(15)14(13-8)9-5-3-4-6-10(9)21(17,18)19/h3-7,13H,2H2,1H3,(H,17,18,19). The predicted molar refractivity (Wildman–Crippen MR) is 72.2 cm³/mol. The molecule has 0 atom stereocenters. The molecule has 0 aliphatic heterocycles. The minimum atomic E-state index is -4.52. The number of nitrogens with one attached hydrogen (secondary N) is 1. The third-order valence-corrected chi connectivity index (χ3v) is 3.50. The molecular formula is C12H12N2O6S. The third-order valence-electron chi connectivity index (χ3n) is 2.60. The first-order chi connectivity index (χ1) is 9.84. The average Bonchev–Trinajstić information content (AvgIpc) is 2.80. The minimum absolute atomic E-state index is 0.0967. The molecular weight excluding hydrogens is 300 g/mol. The summed E-state index contributed by atoms with van der Waals surface area (Å²) >= 11 is 0. The van der Waals surface area contributed by atoms with Gasteiger partial charge in [0.25, 0.3) is 15.7 Å². The molecule has 1 heterocycles. The molecule has 8 nitrogen and oxygen atoms in total. The number of carbonyl (C=O) groups is 1. The number of nitrogens with zero attached hydrogens (tertiary/aromatic N) is 1.